The fraction of sp³-hybridized carbons (Fsp3) is 0.692. The van der Waals surface area contributed by atoms with Crippen LogP contribution in [0.3, 0.4) is 0 Å². The van der Waals surface area contributed by atoms with E-state index in [0.29, 0.717) is 0 Å². The van der Waals surface area contributed by atoms with Crippen LogP contribution >= 0.6 is 0 Å². The molecule has 0 radical (unpaired) electrons. The molecule has 0 aromatic heterocycles. The molecule has 0 bridgehead atoms. The smallest absolute Gasteiger partial charge is 0.389 e. The van der Waals surface area contributed by atoms with Crippen LogP contribution in [0.15, 0.2) is 24.1 Å². The molecule has 0 spiro atoms. The topological polar surface area (TPSA) is 18.5 Å². The number of alkyl halides is 3. The zero-order valence-corrected chi connectivity index (χ0v) is 16.8. The molecule has 21 heavy (non-hydrogen) atoms. The van der Waals surface area contributed by atoms with Crippen molar-refractivity contribution >= 4 is 25.2 Å². The third-order valence-electron chi connectivity index (χ3n) is 2.88. The Hall–Kier alpha value is -0.159. The second-order valence-electron chi connectivity index (χ2n) is 6.36. The van der Waals surface area contributed by atoms with E-state index in [-0.39, 0.29) is 6.04 Å². The lowest BCUT2D eigenvalue weighted by atomic mass is 10.5. The van der Waals surface area contributed by atoms with Crippen molar-refractivity contribution in [3.8, 4) is 0 Å². The SMILES string of the molecule is C=C[Si](C)(C)O[Si](C)(CCC(F)(F)F)O[Si](C)(C)/C=C/C. The van der Waals surface area contributed by atoms with Crippen molar-refractivity contribution in [3.05, 3.63) is 24.1 Å². The molecular weight excluding hydrogens is 329 g/mol. The fourth-order valence-corrected chi connectivity index (χ4v) is 14.5. The molecule has 0 aromatic carbocycles. The lowest BCUT2D eigenvalue weighted by Crippen LogP contribution is -2.53. The van der Waals surface area contributed by atoms with Gasteiger partial charge in [-0.3, -0.25) is 0 Å². The maximum absolute atomic E-state index is 12.6. The fourth-order valence-electron chi connectivity index (χ4n) is 2.08. The summed E-state index contributed by atoms with van der Waals surface area (Å²) in [4.78, 5) is 0. The van der Waals surface area contributed by atoms with E-state index in [1.54, 1.807) is 12.2 Å². The molecule has 0 N–H and O–H groups in total. The molecule has 1 atom stereocenters. The molecule has 1 unspecified atom stereocenters. The summed E-state index contributed by atoms with van der Waals surface area (Å²) in [6, 6.07) is -0.0746. The van der Waals surface area contributed by atoms with Gasteiger partial charge in [-0.2, -0.15) is 13.2 Å². The van der Waals surface area contributed by atoms with Crippen molar-refractivity contribution < 1.29 is 21.4 Å². The van der Waals surface area contributed by atoms with E-state index in [9.17, 15) is 13.2 Å². The van der Waals surface area contributed by atoms with Crippen LogP contribution in [0.1, 0.15) is 13.3 Å². The predicted molar refractivity (Wildman–Crippen MR) is 89.2 cm³/mol. The monoisotopic (exact) mass is 356 g/mol. The number of halogens is 3. The quantitative estimate of drug-likeness (QED) is 0.550. The minimum absolute atomic E-state index is 0.0746. The van der Waals surface area contributed by atoms with Crippen molar-refractivity contribution in [2.45, 2.75) is 58.3 Å². The first-order valence-corrected chi connectivity index (χ1v) is 15.5. The Bertz CT molecular complexity index is 381. The van der Waals surface area contributed by atoms with Crippen LogP contribution in [-0.2, 0) is 8.23 Å². The van der Waals surface area contributed by atoms with Crippen LogP contribution in [0.5, 0.6) is 0 Å². The molecular formula is C13H27F3O2Si3. The van der Waals surface area contributed by atoms with Crippen molar-refractivity contribution in [1.82, 2.24) is 0 Å². The van der Waals surface area contributed by atoms with Crippen LogP contribution in [0.4, 0.5) is 13.2 Å². The van der Waals surface area contributed by atoms with Gasteiger partial charge in [-0.15, -0.1) is 6.58 Å². The summed E-state index contributed by atoms with van der Waals surface area (Å²) >= 11 is 0. The molecule has 0 heterocycles. The minimum atomic E-state index is -4.19. The third kappa shape index (κ3) is 9.46. The van der Waals surface area contributed by atoms with Crippen molar-refractivity contribution in [1.29, 1.82) is 0 Å². The van der Waals surface area contributed by atoms with Crippen LogP contribution in [0.2, 0.25) is 38.8 Å². The summed E-state index contributed by atoms with van der Waals surface area (Å²) in [5, 5.41) is 0. The highest BCUT2D eigenvalue weighted by Crippen LogP contribution is 2.31. The predicted octanol–water partition coefficient (Wildman–Crippen LogP) is 5.29. The number of hydrogen-bond donors (Lipinski definition) is 0. The third-order valence-corrected chi connectivity index (χ3v) is 13.8. The van der Waals surface area contributed by atoms with Gasteiger partial charge in [-0.05, 0) is 45.7 Å². The van der Waals surface area contributed by atoms with E-state index >= 15 is 0 Å². The van der Waals surface area contributed by atoms with Crippen LogP contribution in [0, 0.1) is 0 Å². The molecule has 0 saturated carbocycles. The minimum Gasteiger partial charge on any atom is -0.433 e. The Labute approximate surface area is 129 Å². The Morgan fingerprint density at radius 1 is 1.00 bits per heavy atom. The van der Waals surface area contributed by atoms with Gasteiger partial charge < -0.3 is 8.23 Å². The molecule has 0 saturated heterocycles. The number of allylic oxidation sites excluding steroid dienone is 1. The summed E-state index contributed by atoms with van der Waals surface area (Å²) in [6.45, 7) is 15.2. The van der Waals surface area contributed by atoms with Gasteiger partial charge in [0.15, 0.2) is 16.6 Å². The first-order valence-electron chi connectivity index (χ1n) is 6.99. The highest BCUT2D eigenvalue weighted by molar-refractivity contribution is 6.91. The zero-order valence-electron chi connectivity index (χ0n) is 13.8. The van der Waals surface area contributed by atoms with Gasteiger partial charge in [0.25, 0.3) is 0 Å². The van der Waals surface area contributed by atoms with E-state index in [1.165, 1.54) is 0 Å². The lowest BCUT2D eigenvalue weighted by molar-refractivity contribution is -0.131. The van der Waals surface area contributed by atoms with Gasteiger partial charge in [0.05, 0.1) is 0 Å². The standard InChI is InChI=1S/C13H27F3O2Si3/c1-8-11-20(5,6)18-21(7,12-10-13(14,15)16)17-19(3,4)9-2/h8-9,11H,2,10,12H2,1,3-7H3/b11-8+. The zero-order chi connectivity index (χ0) is 16.9. The molecule has 0 aliphatic carbocycles. The molecule has 124 valence electrons. The normalized spacial score (nSPS) is 17.0. The van der Waals surface area contributed by atoms with Gasteiger partial charge in [-0.1, -0.05) is 17.5 Å². The van der Waals surface area contributed by atoms with Crippen molar-refractivity contribution in [2.75, 3.05) is 0 Å². The first-order chi connectivity index (χ1) is 9.24. The molecule has 0 aliphatic heterocycles. The maximum Gasteiger partial charge on any atom is 0.389 e. The summed E-state index contributed by atoms with van der Waals surface area (Å²) in [5.74, 6) is 0. The number of rotatable bonds is 8. The van der Waals surface area contributed by atoms with Crippen LogP contribution < -0.4 is 0 Å². The van der Waals surface area contributed by atoms with E-state index in [2.05, 4.69) is 6.58 Å². The average molecular weight is 357 g/mol. The van der Waals surface area contributed by atoms with Crippen LogP contribution in [-0.4, -0.2) is 31.4 Å². The Kier molecular flexibility index (Phi) is 7.35. The molecule has 0 amide bonds. The molecule has 8 heteroatoms. The Morgan fingerprint density at radius 3 is 1.86 bits per heavy atom. The van der Waals surface area contributed by atoms with Gasteiger partial charge in [0.2, 0.25) is 0 Å². The van der Waals surface area contributed by atoms with Crippen molar-refractivity contribution in [2.24, 2.45) is 0 Å². The molecule has 0 fully saturated rings. The Morgan fingerprint density at radius 2 is 1.48 bits per heavy atom. The van der Waals surface area contributed by atoms with Gasteiger partial charge in [0, 0.05) is 6.42 Å². The summed E-state index contributed by atoms with van der Waals surface area (Å²) in [6.07, 6.45) is -3.16. The van der Waals surface area contributed by atoms with Gasteiger partial charge in [-0.25, -0.2) is 0 Å². The highest BCUT2D eigenvalue weighted by Gasteiger charge is 2.44. The van der Waals surface area contributed by atoms with Gasteiger partial charge >= 0.3 is 14.7 Å². The molecule has 0 aromatic rings. The van der Waals surface area contributed by atoms with Crippen LogP contribution in [0.25, 0.3) is 0 Å². The molecule has 0 aliphatic rings. The second-order valence-corrected chi connectivity index (χ2v) is 17.9. The molecule has 0 rings (SSSR count). The van der Waals surface area contributed by atoms with E-state index in [0.717, 1.165) is 0 Å². The average Bonchev–Trinajstić information content (AvgIpc) is 2.24. The van der Waals surface area contributed by atoms with E-state index in [1.807, 2.05) is 44.9 Å². The number of hydrogen-bond acceptors (Lipinski definition) is 2. The van der Waals surface area contributed by atoms with Gasteiger partial charge in [0.1, 0.15) is 0 Å². The summed E-state index contributed by atoms with van der Waals surface area (Å²) < 4.78 is 50.0. The van der Waals surface area contributed by atoms with E-state index in [4.69, 9.17) is 8.23 Å². The van der Waals surface area contributed by atoms with Crippen molar-refractivity contribution in [3.63, 3.8) is 0 Å². The van der Waals surface area contributed by atoms with E-state index < -0.39 is 37.8 Å². The summed E-state index contributed by atoms with van der Waals surface area (Å²) in [7, 11) is -7.28. The lowest BCUT2D eigenvalue weighted by Gasteiger charge is -2.39. The highest BCUT2D eigenvalue weighted by atomic mass is 28.5. The first kappa shape index (κ1) is 20.8. The maximum atomic E-state index is 12.6. The Balaban J connectivity index is 5.20. The molecule has 2 nitrogen and oxygen atoms in total. The second kappa shape index (κ2) is 7.40. The summed E-state index contributed by atoms with van der Waals surface area (Å²) in [5.41, 5.74) is 3.71. The largest absolute Gasteiger partial charge is 0.433 e.